The Kier molecular flexibility index (Phi) is 16.3. The van der Waals surface area contributed by atoms with E-state index in [4.69, 9.17) is 33.4 Å². The molecule has 13 heteroatoms. The number of aliphatic hydroxyl groups excluding tert-OH is 2. The summed E-state index contributed by atoms with van der Waals surface area (Å²) in [5, 5.41) is 18.7. The number of rotatable bonds is 17. The van der Waals surface area contributed by atoms with Gasteiger partial charge in [-0.2, -0.15) is 0 Å². The maximum absolute atomic E-state index is 12.8. The maximum Gasteiger partial charge on any atom is 0.240 e. The van der Waals surface area contributed by atoms with E-state index in [1.54, 1.807) is 23.9 Å². The first-order chi connectivity index (χ1) is 26.8. The molecule has 0 bridgehead atoms. The van der Waals surface area contributed by atoms with Gasteiger partial charge in [0.05, 0.1) is 19.8 Å². The predicted molar refractivity (Wildman–Crippen MR) is 229 cm³/mol. The standard InChI is InChI=1S/C22H29NO3S2.C21H25Cl2NO3S/c1-27-20-8-10-21(11-9-20)28(25,26)23-17-22(13-2-3-14-22)16-19-6-4-18(5-7-19)12-15-24;22-19-8-7-18(13-20(19)23)28(26,27)24-15-21(10-1-2-11-21)14-17-5-3-16(4-6-17)9-12-25/h4-11,23-24H,2-3,12-17H2,1H3;3-8,13,24-25H,1-2,9-12,14-15H2. The molecule has 0 atom stereocenters. The first kappa shape index (κ1) is 44.6. The zero-order chi connectivity index (χ0) is 40.2. The molecule has 0 radical (unpaired) electrons. The van der Waals surface area contributed by atoms with Crippen molar-refractivity contribution in [3.63, 3.8) is 0 Å². The Labute approximate surface area is 347 Å². The fraction of sp³-hybridized carbons (Fsp3) is 0.442. The Hall–Kier alpha value is -2.45. The van der Waals surface area contributed by atoms with Crippen molar-refractivity contribution in [3.8, 4) is 0 Å². The Bertz CT molecular complexity index is 2070. The average Bonchev–Trinajstić information content (AvgIpc) is 3.87. The van der Waals surface area contributed by atoms with Crippen molar-refractivity contribution in [2.45, 2.75) is 91.7 Å². The molecule has 6 rings (SSSR count). The summed E-state index contributed by atoms with van der Waals surface area (Å²) in [6.07, 6.45) is 13.6. The molecule has 0 aromatic heterocycles. The van der Waals surface area contributed by atoms with Crippen molar-refractivity contribution in [1.29, 1.82) is 0 Å². The zero-order valence-electron chi connectivity index (χ0n) is 32.0. The van der Waals surface area contributed by atoms with E-state index in [0.717, 1.165) is 80.2 Å². The molecule has 4 N–H and O–H groups in total. The molecular formula is C43H54Cl2N2O6S3. The highest BCUT2D eigenvalue weighted by Gasteiger charge is 2.36. The highest BCUT2D eigenvalue weighted by atomic mass is 35.5. The Morgan fingerprint density at radius 3 is 1.36 bits per heavy atom. The largest absolute Gasteiger partial charge is 0.396 e. The molecule has 56 heavy (non-hydrogen) atoms. The molecule has 8 nitrogen and oxygen atoms in total. The summed E-state index contributed by atoms with van der Waals surface area (Å²) in [6.45, 7) is 1.16. The molecule has 0 spiro atoms. The van der Waals surface area contributed by atoms with Crippen LogP contribution in [0.2, 0.25) is 10.0 Å². The number of thioether (sulfide) groups is 1. The smallest absolute Gasteiger partial charge is 0.240 e. The van der Waals surface area contributed by atoms with Crippen LogP contribution in [0.4, 0.5) is 0 Å². The van der Waals surface area contributed by atoms with Crippen LogP contribution in [-0.4, -0.2) is 59.6 Å². The third-order valence-corrected chi connectivity index (χ3v) is 15.5. The monoisotopic (exact) mass is 860 g/mol. The van der Waals surface area contributed by atoms with Crippen LogP contribution in [0.3, 0.4) is 0 Å². The van der Waals surface area contributed by atoms with Gasteiger partial charge in [0.1, 0.15) is 0 Å². The molecule has 2 aliphatic rings. The minimum atomic E-state index is -3.65. The topological polar surface area (TPSA) is 133 Å². The van der Waals surface area contributed by atoms with Crippen LogP contribution in [0.15, 0.2) is 106 Å². The van der Waals surface area contributed by atoms with E-state index in [9.17, 15) is 16.8 Å². The summed E-state index contributed by atoms with van der Waals surface area (Å²) in [4.78, 5) is 1.51. The van der Waals surface area contributed by atoms with Crippen LogP contribution in [0.1, 0.15) is 73.6 Å². The van der Waals surface area contributed by atoms with Gasteiger partial charge >= 0.3 is 0 Å². The minimum absolute atomic E-state index is 0.0230. The SMILES string of the molecule is CSc1ccc(S(=O)(=O)NCC2(Cc3ccc(CCO)cc3)CCCC2)cc1.O=S(=O)(NCC1(Cc2ccc(CCO)cc2)CCCC1)c1ccc(Cl)c(Cl)c1. The third kappa shape index (κ3) is 12.5. The van der Waals surface area contributed by atoms with Crippen LogP contribution in [0.25, 0.3) is 0 Å². The van der Waals surface area contributed by atoms with Gasteiger partial charge in [0, 0.05) is 31.2 Å². The summed E-state index contributed by atoms with van der Waals surface area (Å²) in [5.74, 6) is 0. The maximum atomic E-state index is 12.8. The van der Waals surface area contributed by atoms with Gasteiger partial charge in [-0.05, 0) is 133 Å². The van der Waals surface area contributed by atoms with E-state index < -0.39 is 20.0 Å². The van der Waals surface area contributed by atoms with Gasteiger partial charge in [0.15, 0.2) is 0 Å². The predicted octanol–water partition coefficient (Wildman–Crippen LogP) is 8.63. The lowest BCUT2D eigenvalue weighted by Gasteiger charge is -2.29. The zero-order valence-corrected chi connectivity index (χ0v) is 35.9. The Morgan fingerprint density at radius 2 is 0.964 bits per heavy atom. The number of aliphatic hydroxyl groups is 2. The van der Waals surface area contributed by atoms with Gasteiger partial charge in [-0.1, -0.05) is 97.4 Å². The first-order valence-electron chi connectivity index (χ1n) is 19.3. The van der Waals surface area contributed by atoms with Gasteiger partial charge in [-0.25, -0.2) is 26.3 Å². The van der Waals surface area contributed by atoms with Gasteiger partial charge < -0.3 is 10.2 Å². The highest BCUT2D eigenvalue weighted by Crippen LogP contribution is 2.42. The summed E-state index contributed by atoms with van der Waals surface area (Å²) in [5.41, 5.74) is 4.55. The summed E-state index contributed by atoms with van der Waals surface area (Å²) >= 11 is 13.5. The normalized spacial score (nSPS) is 16.4. The van der Waals surface area contributed by atoms with Crippen molar-refractivity contribution in [3.05, 3.63) is 123 Å². The number of hydrogen-bond donors (Lipinski definition) is 4. The van der Waals surface area contributed by atoms with Gasteiger partial charge in [-0.3, -0.25) is 0 Å². The van der Waals surface area contributed by atoms with E-state index in [-0.39, 0.29) is 34.0 Å². The molecule has 304 valence electrons. The van der Waals surface area contributed by atoms with Gasteiger partial charge in [0.25, 0.3) is 0 Å². The van der Waals surface area contributed by atoms with Crippen LogP contribution in [0, 0.1) is 10.8 Å². The number of sulfonamides is 2. The summed E-state index contributed by atoms with van der Waals surface area (Å²) in [6, 6.07) is 28.0. The molecule has 4 aromatic carbocycles. The second-order valence-corrected chi connectivity index (χ2v) is 20.5. The highest BCUT2D eigenvalue weighted by molar-refractivity contribution is 7.98. The summed E-state index contributed by atoms with van der Waals surface area (Å²) < 4.78 is 56.6. The molecule has 2 aliphatic carbocycles. The fourth-order valence-corrected chi connectivity index (χ4v) is 11.0. The molecule has 0 aliphatic heterocycles. The van der Waals surface area contributed by atoms with E-state index >= 15 is 0 Å². The molecule has 4 aromatic rings. The quantitative estimate of drug-likeness (QED) is 0.0782. The van der Waals surface area contributed by atoms with Crippen molar-refractivity contribution in [1.82, 2.24) is 9.44 Å². The van der Waals surface area contributed by atoms with Crippen molar-refractivity contribution >= 4 is 55.0 Å². The van der Waals surface area contributed by atoms with Gasteiger partial charge in [0.2, 0.25) is 20.0 Å². The van der Waals surface area contributed by atoms with E-state index in [2.05, 4.69) is 45.8 Å². The first-order valence-corrected chi connectivity index (χ1v) is 24.2. The number of nitrogens with one attached hydrogen (secondary N) is 2. The molecule has 0 amide bonds. The molecule has 2 fully saturated rings. The number of benzene rings is 4. The van der Waals surface area contributed by atoms with E-state index in [1.807, 2.05) is 30.5 Å². The van der Waals surface area contributed by atoms with Crippen molar-refractivity contribution in [2.75, 3.05) is 32.6 Å². The lowest BCUT2D eigenvalue weighted by molar-refractivity contribution is 0.294. The molecule has 2 saturated carbocycles. The van der Waals surface area contributed by atoms with Crippen LogP contribution < -0.4 is 9.44 Å². The third-order valence-electron chi connectivity index (χ3n) is 11.2. The Morgan fingerprint density at radius 1 is 0.571 bits per heavy atom. The Balaban J connectivity index is 0.000000214. The van der Waals surface area contributed by atoms with Crippen LogP contribution in [-0.2, 0) is 45.7 Å². The lowest BCUT2D eigenvalue weighted by atomic mass is 9.80. The van der Waals surface area contributed by atoms with E-state index in [1.165, 1.54) is 29.3 Å². The average molecular weight is 862 g/mol. The van der Waals surface area contributed by atoms with Crippen molar-refractivity contribution < 1.29 is 27.0 Å². The van der Waals surface area contributed by atoms with Gasteiger partial charge in [-0.15, -0.1) is 11.8 Å². The second kappa shape index (κ2) is 20.5. The second-order valence-electron chi connectivity index (χ2n) is 15.2. The van der Waals surface area contributed by atoms with Crippen LogP contribution >= 0.6 is 35.0 Å². The minimum Gasteiger partial charge on any atom is -0.396 e. The van der Waals surface area contributed by atoms with E-state index in [0.29, 0.717) is 35.8 Å². The fourth-order valence-electron chi connectivity index (χ4n) is 7.92. The summed E-state index contributed by atoms with van der Waals surface area (Å²) in [7, 11) is -7.16. The number of hydrogen-bond acceptors (Lipinski definition) is 7. The molecule has 0 unspecified atom stereocenters. The molecular weight excluding hydrogens is 808 g/mol. The lowest BCUT2D eigenvalue weighted by Crippen LogP contribution is -2.37. The number of halogens is 2. The molecule has 0 saturated heterocycles. The molecule has 0 heterocycles. The van der Waals surface area contributed by atoms with Crippen molar-refractivity contribution in [2.24, 2.45) is 10.8 Å². The van der Waals surface area contributed by atoms with Crippen LogP contribution in [0.5, 0.6) is 0 Å².